The average Bonchev–Trinajstić information content (AvgIpc) is 3.27. The summed E-state index contributed by atoms with van der Waals surface area (Å²) in [5.41, 5.74) is 0. The summed E-state index contributed by atoms with van der Waals surface area (Å²) in [7, 11) is 0. The molecule has 0 aromatic heterocycles. The summed E-state index contributed by atoms with van der Waals surface area (Å²) < 4.78 is 16.8. The molecule has 0 N–H and O–H groups in total. The van der Waals surface area contributed by atoms with Gasteiger partial charge >= 0.3 is 17.9 Å². The van der Waals surface area contributed by atoms with Crippen LogP contribution in [0, 0.1) is 17.8 Å². The highest BCUT2D eigenvalue weighted by atomic mass is 16.6. The van der Waals surface area contributed by atoms with Gasteiger partial charge in [-0.15, -0.1) is 0 Å². The van der Waals surface area contributed by atoms with Crippen LogP contribution < -0.4 is 0 Å². The van der Waals surface area contributed by atoms with E-state index in [9.17, 15) is 14.4 Å². The molecular weight excluding hydrogens is 769 g/mol. The predicted octanol–water partition coefficient (Wildman–Crippen LogP) is 17.9. The van der Waals surface area contributed by atoms with Gasteiger partial charge in [-0.2, -0.15) is 0 Å². The fourth-order valence-electron chi connectivity index (χ4n) is 8.37. The molecule has 0 aliphatic rings. The molecule has 6 heteroatoms. The molecule has 0 aliphatic heterocycles. The Morgan fingerprint density at radius 3 is 0.758 bits per heavy atom. The van der Waals surface area contributed by atoms with Gasteiger partial charge in [0.1, 0.15) is 13.2 Å². The third-order valence-electron chi connectivity index (χ3n) is 13.7. The van der Waals surface area contributed by atoms with E-state index in [0.29, 0.717) is 19.3 Å². The van der Waals surface area contributed by atoms with Crippen molar-refractivity contribution in [2.24, 2.45) is 17.8 Å². The van der Waals surface area contributed by atoms with Crippen LogP contribution in [-0.2, 0) is 28.6 Å². The van der Waals surface area contributed by atoms with E-state index >= 15 is 0 Å². The maximum atomic E-state index is 12.8. The summed E-state index contributed by atoms with van der Waals surface area (Å²) in [5.74, 6) is 1.72. The first-order chi connectivity index (χ1) is 30.2. The molecule has 0 spiro atoms. The molecule has 0 fully saturated rings. The van der Waals surface area contributed by atoms with Crippen molar-refractivity contribution in [2.45, 2.75) is 311 Å². The van der Waals surface area contributed by atoms with Crippen LogP contribution in [0.15, 0.2) is 0 Å². The van der Waals surface area contributed by atoms with E-state index in [1.807, 2.05) is 0 Å². The van der Waals surface area contributed by atoms with Crippen molar-refractivity contribution in [1.29, 1.82) is 0 Å². The number of ether oxygens (including phenoxy) is 3. The van der Waals surface area contributed by atoms with E-state index in [4.69, 9.17) is 14.2 Å². The molecule has 0 aromatic carbocycles. The fourth-order valence-corrected chi connectivity index (χ4v) is 8.37. The molecule has 0 saturated heterocycles. The lowest BCUT2D eigenvalue weighted by Crippen LogP contribution is -2.30. The molecule has 0 amide bonds. The van der Waals surface area contributed by atoms with Gasteiger partial charge in [0.25, 0.3) is 0 Å². The van der Waals surface area contributed by atoms with E-state index in [2.05, 4.69) is 41.5 Å². The maximum absolute atomic E-state index is 12.8. The second-order valence-electron chi connectivity index (χ2n) is 19.9. The minimum Gasteiger partial charge on any atom is -0.462 e. The summed E-state index contributed by atoms with van der Waals surface area (Å²) in [6, 6.07) is 0. The van der Waals surface area contributed by atoms with Crippen LogP contribution in [0.2, 0.25) is 0 Å². The zero-order valence-corrected chi connectivity index (χ0v) is 42.7. The Bertz CT molecular complexity index is 966. The lowest BCUT2D eigenvalue weighted by atomic mass is 9.99. The number of rotatable bonds is 49. The van der Waals surface area contributed by atoms with E-state index in [1.54, 1.807) is 0 Å². The number of carbonyl (C=O) groups excluding carboxylic acids is 3. The fraction of sp³-hybridized carbons (Fsp3) is 0.946. The van der Waals surface area contributed by atoms with Crippen LogP contribution in [0.4, 0.5) is 0 Å². The largest absolute Gasteiger partial charge is 0.462 e. The molecule has 368 valence electrons. The van der Waals surface area contributed by atoms with Crippen LogP contribution in [0.25, 0.3) is 0 Å². The number of carbonyl (C=O) groups is 3. The van der Waals surface area contributed by atoms with Gasteiger partial charge in [-0.25, -0.2) is 0 Å². The van der Waals surface area contributed by atoms with E-state index in [0.717, 1.165) is 75.5 Å². The Labute approximate surface area is 387 Å². The van der Waals surface area contributed by atoms with Crippen molar-refractivity contribution in [1.82, 2.24) is 0 Å². The van der Waals surface area contributed by atoms with Crippen molar-refractivity contribution in [3.05, 3.63) is 0 Å². The quantitative estimate of drug-likeness (QED) is 0.0344. The monoisotopic (exact) mass is 877 g/mol. The van der Waals surface area contributed by atoms with Gasteiger partial charge in [0.15, 0.2) is 6.10 Å². The summed E-state index contributed by atoms with van der Waals surface area (Å²) in [6.45, 7) is 13.8. The van der Waals surface area contributed by atoms with Crippen LogP contribution in [-0.4, -0.2) is 37.2 Å². The lowest BCUT2D eigenvalue weighted by Gasteiger charge is -2.18. The Balaban J connectivity index is 4.22. The zero-order valence-electron chi connectivity index (χ0n) is 42.7. The number of hydrogen-bond acceptors (Lipinski definition) is 6. The van der Waals surface area contributed by atoms with Gasteiger partial charge in [0.05, 0.1) is 0 Å². The van der Waals surface area contributed by atoms with Crippen molar-refractivity contribution in [3.63, 3.8) is 0 Å². The number of esters is 3. The highest BCUT2D eigenvalue weighted by molar-refractivity contribution is 5.71. The first-order valence-electron chi connectivity index (χ1n) is 27.7. The highest BCUT2D eigenvalue weighted by Crippen LogP contribution is 2.19. The Morgan fingerprint density at radius 1 is 0.306 bits per heavy atom. The van der Waals surface area contributed by atoms with Crippen LogP contribution in [0.5, 0.6) is 0 Å². The van der Waals surface area contributed by atoms with Crippen molar-refractivity contribution in [2.75, 3.05) is 13.2 Å². The summed E-state index contributed by atoms with van der Waals surface area (Å²) >= 11 is 0. The standard InChI is InChI=1S/C56H108O6/c1-7-50(4)42-36-30-24-20-18-16-14-12-10-11-13-15-17-19-21-27-35-41-47-56(59)62-53(49-61-55(58)46-40-34-29-28-32-38-44-52(6)9-3)48-60-54(57)45-39-33-26-23-22-25-31-37-43-51(5)8-2/h50-53H,7-49H2,1-6H3/t50?,51?,52?,53-/m1/s1. The molecule has 0 bridgehead atoms. The molecular formula is C56H108O6. The third kappa shape index (κ3) is 45.0. The van der Waals surface area contributed by atoms with E-state index in [-0.39, 0.29) is 31.1 Å². The second-order valence-corrected chi connectivity index (χ2v) is 19.9. The number of hydrogen-bond donors (Lipinski definition) is 0. The van der Waals surface area contributed by atoms with Gasteiger partial charge in [-0.1, -0.05) is 266 Å². The van der Waals surface area contributed by atoms with E-state index < -0.39 is 6.10 Å². The number of unbranched alkanes of at least 4 members (excludes halogenated alkanes) is 29. The smallest absolute Gasteiger partial charge is 0.306 e. The minimum atomic E-state index is -0.764. The minimum absolute atomic E-state index is 0.0655. The van der Waals surface area contributed by atoms with Crippen LogP contribution in [0.1, 0.15) is 305 Å². The van der Waals surface area contributed by atoms with Crippen molar-refractivity contribution < 1.29 is 28.6 Å². The molecule has 4 atom stereocenters. The average molecular weight is 877 g/mol. The molecule has 0 rings (SSSR count). The third-order valence-corrected chi connectivity index (χ3v) is 13.7. The van der Waals surface area contributed by atoms with E-state index in [1.165, 1.54) is 186 Å². The van der Waals surface area contributed by atoms with Gasteiger partial charge in [-0.3, -0.25) is 14.4 Å². The Hall–Kier alpha value is -1.59. The summed E-state index contributed by atoms with van der Waals surface area (Å²) in [6.07, 6.45) is 48.1. The summed E-state index contributed by atoms with van der Waals surface area (Å²) in [4.78, 5) is 38.0. The Morgan fingerprint density at radius 2 is 0.516 bits per heavy atom. The van der Waals surface area contributed by atoms with Crippen LogP contribution >= 0.6 is 0 Å². The first kappa shape index (κ1) is 60.4. The SMILES string of the molecule is CCC(C)CCCCCCCCCCCCCCCCCCCCC(=O)O[C@H](COC(=O)CCCCCCCCCCC(C)CC)COC(=O)CCCCCCCCC(C)CC. The maximum Gasteiger partial charge on any atom is 0.306 e. The predicted molar refractivity (Wildman–Crippen MR) is 266 cm³/mol. The van der Waals surface area contributed by atoms with Gasteiger partial charge in [0, 0.05) is 19.3 Å². The molecule has 0 radical (unpaired) electrons. The van der Waals surface area contributed by atoms with Gasteiger partial charge in [0.2, 0.25) is 0 Å². The molecule has 3 unspecified atom stereocenters. The van der Waals surface area contributed by atoms with Gasteiger partial charge in [-0.05, 0) is 37.0 Å². The van der Waals surface area contributed by atoms with Gasteiger partial charge < -0.3 is 14.2 Å². The molecule has 6 nitrogen and oxygen atoms in total. The normalized spacial score (nSPS) is 13.5. The second kappa shape index (κ2) is 47.4. The van der Waals surface area contributed by atoms with Crippen LogP contribution in [0.3, 0.4) is 0 Å². The molecule has 0 saturated carbocycles. The molecule has 0 heterocycles. The summed E-state index contributed by atoms with van der Waals surface area (Å²) in [5, 5.41) is 0. The molecule has 0 aliphatic carbocycles. The molecule has 62 heavy (non-hydrogen) atoms. The highest BCUT2D eigenvalue weighted by Gasteiger charge is 2.19. The van der Waals surface area contributed by atoms with Crippen molar-refractivity contribution in [3.8, 4) is 0 Å². The molecule has 0 aromatic rings. The topological polar surface area (TPSA) is 78.9 Å². The zero-order chi connectivity index (χ0) is 45.6. The Kier molecular flexibility index (Phi) is 46.2. The van der Waals surface area contributed by atoms with Crippen molar-refractivity contribution >= 4 is 17.9 Å². The lowest BCUT2D eigenvalue weighted by molar-refractivity contribution is -0.167. The first-order valence-corrected chi connectivity index (χ1v) is 27.7.